The van der Waals surface area contributed by atoms with Gasteiger partial charge in [0.15, 0.2) is 0 Å². The van der Waals surface area contributed by atoms with Gasteiger partial charge in [0.2, 0.25) is 11.9 Å². The molecule has 1 aromatic rings. The fourth-order valence-corrected chi connectivity index (χ4v) is 2.86. The number of likely N-dealkylation sites (tertiary alicyclic amines) is 1. The number of amides is 2. The Morgan fingerprint density at radius 2 is 2.08 bits per heavy atom. The van der Waals surface area contributed by atoms with Crippen molar-refractivity contribution in [1.82, 2.24) is 20.2 Å². The average molecular weight is 335 g/mol. The number of hydrogen-bond acceptors (Lipinski definition) is 6. The maximum absolute atomic E-state index is 12.7. The minimum absolute atomic E-state index is 0.0504. The third-order valence-corrected chi connectivity index (χ3v) is 4.09. The molecule has 0 bridgehead atoms. The fraction of sp³-hybridized carbons (Fsp3) is 0.625. The normalized spacial score (nSPS) is 17.4. The molecule has 1 aliphatic rings. The van der Waals surface area contributed by atoms with Crippen LogP contribution < -0.4 is 10.6 Å². The summed E-state index contributed by atoms with van der Waals surface area (Å²) >= 11 is 0. The molecule has 0 aliphatic carbocycles. The Bertz CT molecular complexity index is 549. The van der Waals surface area contributed by atoms with E-state index in [2.05, 4.69) is 20.6 Å². The summed E-state index contributed by atoms with van der Waals surface area (Å²) in [6, 6.07) is 0.123. The number of methoxy groups -OCH3 is 1. The van der Waals surface area contributed by atoms with Gasteiger partial charge in [-0.2, -0.15) is 0 Å². The molecule has 1 fully saturated rings. The van der Waals surface area contributed by atoms with Crippen LogP contribution in [0.15, 0.2) is 12.4 Å². The Balaban J connectivity index is 1.94. The number of ether oxygens (including phenoxy) is 1. The van der Waals surface area contributed by atoms with E-state index in [0.29, 0.717) is 18.1 Å². The Morgan fingerprint density at radius 1 is 1.33 bits per heavy atom. The molecule has 0 aromatic carbocycles. The molecule has 1 aliphatic heterocycles. The first-order valence-corrected chi connectivity index (χ1v) is 8.22. The van der Waals surface area contributed by atoms with Gasteiger partial charge in [0.25, 0.3) is 5.91 Å². The number of nitrogens with zero attached hydrogens (tertiary/aromatic N) is 3. The first kappa shape index (κ1) is 18.1. The first-order valence-electron chi connectivity index (χ1n) is 8.22. The summed E-state index contributed by atoms with van der Waals surface area (Å²) in [5.41, 5.74) is 0.490. The van der Waals surface area contributed by atoms with Crippen molar-refractivity contribution in [2.24, 2.45) is 0 Å². The van der Waals surface area contributed by atoms with Crippen LogP contribution in [0.3, 0.4) is 0 Å². The lowest BCUT2D eigenvalue weighted by Crippen LogP contribution is -2.45. The van der Waals surface area contributed by atoms with Crippen LogP contribution in [0.4, 0.5) is 5.95 Å². The van der Waals surface area contributed by atoms with Gasteiger partial charge in [-0.1, -0.05) is 0 Å². The lowest BCUT2D eigenvalue weighted by Gasteiger charge is -2.36. The Labute approximate surface area is 142 Å². The number of piperidine rings is 1. The van der Waals surface area contributed by atoms with Gasteiger partial charge >= 0.3 is 0 Å². The lowest BCUT2D eigenvalue weighted by molar-refractivity contribution is -0.124. The predicted octanol–water partition coefficient (Wildman–Crippen LogP) is 0.666. The Morgan fingerprint density at radius 3 is 2.75 bits per heavy atom. The SMILES string of the molecule is CNc1ncc(C(=O)N2CCCC[C@H]2CCNC(=O)COC)cn1. The van der Waals surface area contributed by atoms with Gasteiger partial charge in [-0.15, -0.1) is 0 Å². The highest BCUT2D eigenvalue weighted by Crippen LogP contribution is 2.21. The van der Waals surface area contributed by atoms with Crippen LogP contribution in [0.5, 0.6) is 0 Å². The zero-order valence-corrected chi connectivity index (χ0v) is 14.2. The number of aromatic nitrogens is 2. The molecule has 0 unspecified atom stereocenters. The molecule has 8 heteroatoms. The molecule has 132 valence electrons. The second kappa shape index (κ2) is 9.17. The van der Waals surface area contributed by atoms with Gasteiger partial charge in [0, 0.05) is 45.7 Å². The van der Waals surface area contributed by atoms with Crippen molar-refractivity contribution in [2.45, 2.75) is 31.7 Å². The van der Waals surface area contributed by atoms with Crippen LogP contribution in [0, 0.1) is 0 Å². The number of carbonyl (C=O) groups excluding carboxylic acids is 2. The van der Waals surface area contributed by atoms with Crippen molar-refractivity contribution < 1.29 is 14.3 Å². The summed E-state index contributed by atoms with van der Waals surface area (Å²) < 4.78 is 4.79. The van der Waals surface area contributed by atoms with E-state index in [1.807, 2.05) is 4.90 Å². The van der Waals surface area contributed by atoms with E-state index in [1.54, 1.807) is 19.4 Å². The van der Waals surface area contributed by atoms with Crippen molar-refractivity contribution in [2.75, 3.05) is 39.2 Å². The minimum Gasteiger partial charge on any atom is -0.375 e. The largest absolute Gasteiger partial charge is 0.375 e. The van der Waals surface area contributed by atoms with E-state index < -0.39 is 0 Å². The van der Waals surface area contributed by atoms with Gasteiger partial charge < -0.3 is 20.3 Å². The smallest absolute Gasteiger partial charge is 0.257 e. The standard InChI is InChI=1S/C16H25N5O3/c1-17-16-19-9-12(10-20-16)15(23)21-8-4-3-5-13(21)6-7-18-14(22)11-24-2/h9-10,13H,3-8,11H2,1-2H3,(H,18,22)(H,17,19,20)/t13-/m0/s1. The van der Waals surface area contributed by atoms with E-state index in [0.717, 1.165) is 32.2 Å². The maximum Gasteiger partial charge on any atom is 0.257 e. The van der Waals surface area contributed by atoms with Crippen LogP contribution in [0.1, 0.15) is 36.0 Å². The molecule has 24 heavy (non-hydrogen) atoms. The van der Waals surface area contributed by atoms with Crippen LogP contribution in [-0.2, 0) is 9.53 Å². The zero-order chi connectivity index (χ0) is 17.4. The molecule has 1 atom stereocenters. The highest BCUT2D eigenvalue weighted by atomic mass is 16.5. The van der Waals surface area contributed by atoms with E-state index in [-0.39, 0.29) is 24.5 Å². The highest BCUT2D eigenvalue weighted by Gasteiger charge is 2.27. The number of hydrogen-bond donors (Lipinski definition) is 2. The number of anilines is 1. The summed E-state index contributed by atoms with van der Waals surface area (Å²) in [5.74, 6) is 0.301. The molecule has 0 radical (unpaired) electrons. The molecule has 8 nitrogen and oxygen atoms in total. The lowest BCUT2D eigenvalue weighted by atomic mass is 9.98. The number of rotatable bonds is 7. The van der Waals surface area contributed by atoms with Gasteiger partial charge in [-0.3, -0.25) is 9.59 Å². The molecule has 1 aromatic heterocycles. The van der Waals surface area contributed by atoms with Gasteiger partial charge in [-0.05, 0) is 25.7 Å². The summed E-state index contributed by atoms with van der Waals surface area (Å²) in [6.07, 6.45) is 6.86. The van der Waals surface area contributed by atoms with Crippen molar-refractivity contribution in [1.29, 1.82) is 0 Å². The fourth-order valence-electron chi connectivity index (χ4n) is 2.86. The number of nitrogens with one attached hydrogen (secondary N) is 2. The Kier molecular flexibility index (Phi) is 6.92. The third kappa shape index (κ3) is 4.89. The maximum atomic E-state index is 12.7. The Hall–Kier alpha value is -2.22. The predicted molar refractivity (Wildman–Crippen MR) is 89.8 cm³/mol. The topological polar surface area (TPSA) is 96.5 Å². The highest BCUT2D eigenvalue weighted by molar-refractivity contribution is 5.94. The minimum atomic E-state index is -0.137. The van der Waals surface area contributed by atoms with E-state index in [1.165, 1.54) is 7.11 Å². The van der Waals surface area contributed by atoms with E-state index in [4.69, 9.17) is 4.74 Å². The van der Waals surface area contributed by atoms with E-state index >= 15 is 0 Å². The quantitative estimate of drug-likeness (QED) is 0.760. The zero-order valence-electron chi connectivity index (χ0n) is 14.2. The summed E-state index contributed by atoms with van der Waals surface area (Å²) in [6.45, 7) is 1.32. The van der Waals surface area contributed by atoms with Gasteiger partial charge in [0.05, 0.1) is 5.56 Å². The van der Waals surface area contributed by atoms with Crippen LogP contribution in [0.2, 0.25) is 0 Å². The van der Waals surface area contributed by atoms with Crippen molar-refractivity contribution >= 4 is 17.8 Å². The summed E-state index contributed by atoms with van der Waals surface area (Å²) in [4.78, 5) is 34.3. The summed E-state index contributed by atoms with van der Waals surface area (Å²) in [5, 5.41) is 5.64. The second-order valence-corrected chi connectivity index (χ2v) is 5.77. The van der Waals surface area contributed by atoms with Crippen molar-refractivity contribution in [3.8, 4) is 0 Å². The van der Waals surface area contributed by atoms with Crippen LogP contribution in [0.25, 0.3) is 0 Å². The molecule has 2 amide bonds. The van der Waals surface area contributed by atoms with Crippen LogP contribution in [-0.4, -0.2) is 66.6 Å². The van der Waals surface area contributed by atoms with Gasteiger partial charge in [0.1, 0.15) is 6.61 Å². The average Bonchev–Trinajstić information content (AvgIpc) is 2.62. The molecule has 2 rings (SSSR count). The third-order valence-electron chi connectivity index (χ3n) is 4.09. The van der Waals surface area contributed by atoms with Crippen molar-refractivity contribution in [3.63, 3.8) is 0 Å². The molecule has 1 saturated heterocycles. The monoisotopic (exact) mass is 335 g/mol. The molecular formula is C16H25N5O3. The van der Waals surface area contributed by atoms with E-state index in [9.17, 15) is 9.59 Å². The molecule has 0 saturated carbocycles. The summed E-state index contributed by atoms with van der Waals surface area (Å²) in [7, 11) is 3.22. The van der Waals surface area contributed by atoms with Crippen LogP contribution >= 0.6 is 0 Å². The first-order chi connectivity index (χ1) is 11.7. The number of carbonyl (C=O) groups is 2. The molecule has 2 N–H and O–H groups in total. The van der Waals surface area contributed by atoms with Crippen molar-refractivity contribution in [3.05, 3.63) is 18.0 Å². The second-order valence-electron chi connectivity index (χ2n) is 5.77. The molecular weight excluding hydrogens is 310 g/mol. The molecule has 2 heterocycles. The van der Waals surface area contributed by atoms with Gasteiger partial charge in [-0.25, -0.2) is 9.97 Å². The molecule has 0 spiro atoms.